The molecule has 0 aliphatic rings. The van der Waals surface area contributed by atoms with Crippen molar-refractivity contribution in [1.29, 1.82) is 0 Å². The lowest BCUT2D eigenvalue weighted by atomic mass is 10.1. The van der Waals surface area contributed by atoms with Crippen LogP contribution in [0.4, 0.5) is 0 Å². The molecule has 79 heavy (non-hydrogen) atoms. The fourth-order valence-corrected chi connectivity index (χ4v) is 8.84. The topological polar surface area (TPSA) is 231 Å². The number of esters is 3. The van der Waals surface area contributed by atoms with E-state index in [1.807, 2.05) is 0 Å². The first-order valence-electron chi connectivity index (χ1n) is 29.5. The summed E-state index contributed by atoms with van der Waals surface area (Å²) in [5.74, 6) is -1.63. The smallest absolute Gasteiger partial charge is 0.463 e. The summed E-state index contributed by atoms with van der Waals surface area (Å²) in [4.78, 5) is 58.0. The Bertz CT molecular complexity index is 1840. The Morgan fingerprint density at radius 2 is 0.671 bits per heavy atom. The molecule has 0 saturated carbocycles. The minimum atomic E-state index is -4.92. The van der Waals surface area contributed by atoms with Gasteiger partial charge < -0.3 is 34.2 Å². The highest BCUT2D eigenvalue weighted by Gasteiger charge is 2.29. The Morgan fingerprint density at radius 3 is 1.08 bits per heavy atom. The number of aliphatic hydroxyl groups is 2. The SMILES string of the molecule is CC/C=C\C/C=C\C/C=C\C/C=C\CCCCCCC(=O)OCC(O)COP(=O)(O)OCC(O)COP(=O)(O)OCC(COC(=O)CCCCCCC/C=C\C/C=C\C/C=C\CC)OC(=O)CCCCCCC/C=C\CCCC. The Labute approximate surface area is 476 Å². The average molecular weight is 1160 g/mol. The van der Waals surface area contributed by atoms with Crippen molar-refractivity contribution in [2.75, 3.05) is 39.6 Å². The van der Waals surface area contributed by atoms with E-state index in [4.69, 9.17) is 32.3 Å². The van der Waals surface area contributed by atoms with Gasteiger partial charge >= 0.3 is 33.6 Å². The predicted molar refractivity (Wildman–Crippen MR) is 316 cm³/mol. The summed E-state index contributed by atoms with van der Waals surface area (Å²) in [5.41, 5.74) is 0. The van der Waals surface area contributed by atoms with Gasteiger partial charge in [-0.1, -0.05) is 182 Å². The molecule has 5 atom stereocenters. The largest absolute Gasteiger partial charge is 0.472 e. The number of phosphoric acid groups is 2. The van der Waals surface area contributed by atoms with Crippen molar-refractivity contribution >= 4 is 33.6 Å². The van der Waals surface area contributed by atoms with E-state index in [0.717, 1.165) is 141 Å². The van der Waals surface area contributed by atoms with Crippen LogP contribution in [0.1, 0.15) is 213 Å². The molecule has 18 heteroatoms. The van der Waals surface area contributed by atoms with Crippen LogP contribution in [0.15, 0.2) is 97.2 Å². The van der Waals surface area contributed by atoms with E-state index in [9.17, 15) is 43.5 Å². The quantitative estimate of drug-likeness (QED) is 0.0146. The number of carbonyl (C=O) groups is 3. The number of hydrogen-bond donors (Lipinski definition) is 4. The predicted octanol–water partition coefficient (Wildman–Crippen LogP) is 15.2. The lowest BCUT2D eigenvalue weighted by molar-refractivity contribution is -0.161. The maximum atomic E-state index is 12.8. The van der Waals surface area contributed by atoms with E-state index in [2.05, 4.69) is 118 Å². The van der Waals surface area contributed by atoms with Crippen molar-refractivity contribution in [2.45, 2.75) is 232 Å². The van der Waals surface area contributed by atoms with Gasteiger partial charge in [0, 0.05) is 19.3 Å². The number of aliphatic hydroxyl groups excluding tert-OH is 2. The third kappa shape index (κ3) is 56.1. The zero-order valence-electron chi connectivity index (χ0n) is 48.5. The van der Waals surface area contributed by atoms with Gasteiger partial charge in [-0.3, -0.25) is 32.5 Å². The molecule has 0 fully saturated rings. The molecule has 0 aliphatic heterocycles. The van der Waals surface area contributed by atoms with Crippen LogP contribution in [0.2, 0.25) is 0 Å². The molecule has 5 unspecified atom stereocenters. The maximum absolute atomic E-state index is 12.8. The molecule has 0 aromatic carbocycles. The van der Waals surface area contributed by atoms with Gasteiger partial charge in [0.2, 0.25) is 0 Å². The van der Waals surface area contributed by atoms with Gasteiger partial charge in [0.1, 0.15) is 25.4 Å². The zero-order valence-corrected chi connectivity index (χ0v) is 50.3. The molecule has 0 aliphatic carbocycles. The molecule has 16 nitrogen and oxygen atoms in total. The number of hydrogen-bond acceptors (Lipinski definition) is 14. The fourth-order valence-electron chi connectivity index (χ4n) is 7.26. The Hall–Kier alpha value is -3.53. The highest BCUT2D eigenvalue weighted by atomic mass is 31.2. The number of rotatable bonds is 55. The fraction of sp³-hybridized carbons (Fsp3) is 0.689. The molecule has 0 saturated heterocycles. The zero-order chi connectivity index (χ0) is 58.2. The van der Waals surface area contributed by atoms with Crippen LogP contribution < -0.4 is 0 Å². The lowest BCUT2D eigenvalue weighted by Gasteiger charge is -2.21. The van der Waals surface area contributed by atoms with E-state index in [0.29, 0.717) is 19.3 Å². The summed E-state index contributed by atoms with van der Waals surface area (Å²) in [6.45, 7) is 2.30. The van der Waals surface area contributed by atoms with Crippen LogP contribution in [0, 0.1) is 0 Å². The number of carbonyl (C=O) groups excluding carboxylic acids is 3. The third-order valence-corrected chi connectivity index (χ3v) is 13.7. The van der Waals surface area contributed by atoms with Crippen LogP contribution in [-0.4, -0.2) is 95.9 Å². The van der Waals surface area contributed by atoms with Crippen LogP contribution in [0.5, 0.6) is 0 Å². The molecule has 0 rings (SSSR count). The molecule has 0 spiro atoms. The molecule has 0 aromatic heterocycles. The lowest BCUT2D eigenvalue weighted by Crippen LogP contribution is -2.30. The molecule has 0 bridgehead atoms. The highest BCUT2D eigenvalue weighted by molar-refractivity contribution is 7.47. The molecule has 0 aromatic rings. The standard InChI is InChI=1S/C61H104O16P2/c1-4-7-10-13-16-19-22-24-26-27-29-31-33-35-38-41-44-47-59(64)71-50-56(62)51-73-78(67,68)74-52-57(63)53-75-79(69,70)76-55-58(77-61(66)49-46-43-40-37-32-21-18-15-12-9-6-3)54-72-60(65)48-45-42-39-36-34-30-28-25-23-20-17-14-11-8-5-2/h7-8,10-11,15-20,24-26,28-29,31,56-58,62-63H,4-6,9,12-14,21-23,27,30,32-55H2,1-3H3,(H,67,68)(H,69,70)/b10-7-,11-8-,18-15-,19-16-,20-17-,26-24-,28-25-,31-29-. The van der Waals surface area contributed by atoms with Gasteiger partial charge in [0.15, 0.2) is 6.10 Å². The van der Waals surface area contributed by atoms with E-state index in [1.54, 1.807) is 0 Å². The van der Waals surface area contributed by atoms with Gasteiger partial charge in [-0.15, -0.1) is 0 Å². The normalized spacial score (nSPS) is 15.2. The molecule has 0 amide bonds. The average Bonchev–Trinajstić information content (AvgIpc) is 3.42. The van der Waals surface area contributed by atoms with Crippen molar-refractivity contribution in [2.24, 2.45) is 0 Å². The number of allylic oxidation sites excluding steroid dienone is 16. The second-order valence-electron chi connectivity index (χ2n) is 19.4. The van der Waals surface area contributed by atoms with Crippen molar-refractivity contribution in [1.82, 2.24) is 0 Å². The van der Waals surface area contributed by atoms with E-state index in [-0.39, 0.29) is 19.3 Å². The van der Waals surface area contributed by atoms with Gasteiger partial charge in [0.05, 0.1) is 26.4 Å². The van der Waals surface area contributed by atoms with Gasteiger partial charge in [-0.2, -0.15) is 0 Å². The Balaban J connectivity index is 4.69. The first kappa shape index (κ1) is 75.5. The van der Waals surface area contributed by atoms with Crippen molar-refractivity contribution in [3.63, 3.8) is 0 Å². The molecule has 0 radical (unpaired) electrons. The van der Waals surface area contributed by atoms with Gasteiger partial charge in [-0.25, -0.2) is 9.13 Å². The van der Waals surface area contributed by atoms with E-state index >= 15 is 0 Å². The van der Waals surface area contributed by atoms with Crippen molar-refractivity contribution in [3.05, 3.63) is 97.2 Å². The Morgan fingerprint density at radius 1 is 0.367 bits per heavy atom. The first-order valence-corrected chi connectivity index (χ1v) is 32.5. The van der Waals surface area contributed by atoms with Crippen LogP contribution in [0.25, 0.3) is 0 Å². The van der Waals surface area contributed by atoms with E-state index < -0.39 is 91.5 Å². The van der Waals surface area contributed by atoms with Crippen molar-refractivity contribution < 1.29 is 75.8 Å². The summed E-state index contributed by atoms with van der Waals surface area (Å²) in [5, 5.41) is 20.4. The monoisotopic (exact) mass is 1150 g/mol. The maximum Gasteiger partial charge on any atom is 0.472 e. The van der Waals surface area contributed by atoms with Gasteiger partial charge in [0.25, 0.3) is 0 Å². The highest BCUT2D eigenvalue weighted by Crippen LogP contribution is 2.45. The molecule has 0 heterocycles. The number of unbranched alkanes of at least 4 members (excludes halogenated alkanes) is 16. The molecule has 454 valence electrons. The van der Waals surface area contributed by atoms with Gasteiger partial charge in [-0.05, 0) is 109 Å². The molecule has 4 N–H and O–H groups in total. The third-order valence-electron chi connectivity index (χ3n) is 11.8. The summed E-state index contributed by atoms with van der Waals surface area (Å²) >= 11 is 0. The second kappa shape index (κ2) is 55.0. The summed E-state index contributed by atoms with van der Waals surface area (Å²) in [6.07, 6.45) is 56.3. The number of phosphoric ester groups is 2. The Kier molecular flexibility index (Phi) is 52.6. The minimum Gasteiger partial charge on any atom is -0.463 e. The van der Waals surface area contributed by atoms with Crippen LogP contribution in [-0.2, 0) is 55.8 Å². The number of ether oxygens (including phenoxy) is 3. The van der Waals surface area contributed by atoms with Crippen molar-refractivity contribution in [3.8, 4) is 0 Å². The molecular formula is C61H104O16P2. The summed E-state index contributed by atoms with van der Waals surface area (Å²) in [6, 6.07) is 0. The molecular weight excluding hydrogens is 1050 g/mol. The second-order valence-corrected chi connectivity index (χ2v) is 22.3. The van der Waals surface area contributed by atoms with E-state index in [1.165, 1.54) is 12.8 Å². The van der Waals surface area contributed by atoms with Crippen LogP contribution in [0.3, 0.4) is 0 Å². The first-order chi connectivity index (χ1) is 38.2. The van der Waals surface area contributed by atoms with Crippen LogP contribution >= 0.6 is 15.6 Å². The minimum absolute atomic E-state index is 0.0881. The summed E-state index contributed by atoms with van der Waals surface area (Å²) in [7, 11) is -9.77. The summed E-state index contributed by atoms with van der Waals surface area (Å²) < 4.78 is 60.5.